The highest BCUT2D eigenvalue weighted by molar-refractivity contribution is 9.10. The molecule has 5 nitrogen and oxygen atoms in total. The summed E-state index contributed by atoms with van der Waals surface area (Å²) in [5.41, 5.74) is 3.04. The average molecular weight is 560 g/mol. The number of hydrogen-bond acceptors (Lipinski definition) is 3. The van der Waals surface area contributed by atoms with E-state index in [1.165, 1.54) is 0 Å². The van der Waals surface area contributed by atoms with E-state index in [0.29, 0.717) is 25.3 Å². The van der Waals surface area contributed by atoms with Crippen LogP contribution in [-0.4, -0.2) is 35.9 Å². The summed E-state index contributed by atoms with van der Waals surface area (Å²) >= 11 is 3.63. The topological polar surface area (TPSA) is 58.6 Å². The maximum Gasteiger partial charge on any atom is 0.261 e. The fourth-order valence-corrected chi connectivity index (χ4v) is 5.01. The molecule has 4 aromatic rings. The average Bonchev–Trinajstić information content (AvgIpc) is 2.91. The molecule has 0 saturated carbocycles. The van der Waals surface area contributed by atoms with E-state index in [1.54, 1.807) is 4.90 Å². The second kappa shape index (κ2) is 12.5. The molecule has 1 unspecified atom stereocenters. The van der Waals surface area contributed by atoms with Crippen LogP contribution in [0.15, 0.2) is 95.5 Å². The van der Waals surface area contributed by atoms with Crippen molar-refractivity contribution in [3.05, 3.63) is 112 Å². The molecule has 0 aliphatic heterocycles. The zero-order chi connectivity index (χ0) is 26.2. The van der Waals surface area contributed by atoms with Crippen molar-refractivity contribution in [3.8, 4) is 5.75 Å². The molecule has 0 heterocycles. The second-order valence-corrected chi connectivity index (χ2v) is 9.79. The van der Waals surface area contributed by atoms with Gasteiger partial charge >= 0.3 is 0 Å². The number of carbonyl (C=O) groups is 2. The van der Waals surface area contributed by atoms with E-state index in [9.17, 15) is 9.59 Å². The number of fused-ring (bicyclic) bond motifs is 1. The van der Waals surface area contributed by atoms with Crippen LogP contribution in [0.4, 0.5) is 0 Å². The summed E-state index contributed by atoms with van der Waals surface area (Å²) in [6.07, 6.45) is 0.407. The minimum atomic E-state index is -0.681. The predicted molar refractivity (Wildman–Crippen MR) is 151 cm³/mol. The van der Waals surface area contributed by atoms with Crippen molar-refractivity contribution in [3.63, 3.8) is 0 Å². The van der Waals surface area contributed by atoms with E-state index >= 15 is 0 Å². The van der Waals surface area contributed by atoms with Gasteiger partial charge in [-0.25, -0.2) is 0 Å². The lowest BCUT2D eigenvalue weighted by Crippen LogP contribution is -2.51. The van der Waals surface area contributed by atoms with Gasteiger partial charge in [-0.2, -0.15) is 0 Å². The summed E-state index contributed by atoms with van der Waals surface area (Å²) in [7, 11) is 0. The van der Waals surface area contributed by atoms with Gasteiger partial charge in [0.25, 0.3) is 5.91 Å². The maximum absolute atomic E-state index is 13.7. The summed E-state index contributed by atoms with van der Waals surface area (Å²) < 4.78 is 6.82. The number of nitrogens with one attached hydrogen (secondary N) is 1. The number of nitrogens with zero attached hydrogens (tertiary/aromatic N) is 1. The van der Waals surface area contributed by atoms with Crippen molar-refractivity contribution in [1.82, 2.24) is 10.2 Å². The molecule has 0 aliphatic rings. The minimum Gasteiger partial charge on any atom is -0.483 e. The van der Waals surface area contributed by atoms with Crippen LogP contribution < -0.4 is 10.1 Å². The van der Waals surface area contributed by atoms with Gasteiger partial charge in [0.05, 0.1) is 4.47 Å². The van der Waals surface area contributed by atoms with E-state index < -0.39 is 6.04 Å². The monoisotopic (exact) mass is 558 g/mol. The Balaban J connectivity index is 1.63. The molecule has 1 N–H and O–H groups in total. The first kappa shape index (κ1) is 26.4. The van der Waals surface area contributed by atoms with Gasteiger partial charge in [-0.3, -0.25) is 9.59 Å². The van der Waals surface area contributed by atoms with Gasteiger partial charge in [0.1, 0.15) is 11.8 Å². The highest BCUT2D eigenvalue weighted by Crippen LogP contribution is 2.33. The normalized spacial score (nSPS) is 11.6. The smallest absolute Gasteiger partial charge is 0.261 e. The standard InChI is InChI=1S/C31H31BrN2O3/c1-3-33-31(36)27(19-23-11-5-4-6-12-23)34(20-24-13-9-10-22(2)18-24)29(35)21-37-28-17-16-25-14-7-8-15-26(25)30(28)32/h4-18,27H,3,19-21H2,1-2H3,(H,33,36). The van der Waals surface area contributed by atoms with Crippen LogP contribution >= 0.6 is 15.9 Å². The Hall–Kier alpha value is -3.64. The molecule has 0 bridgehead atoms. The molecule has 0 aromatic heterocycles. The number of benzene rings is 4. The van der Waals surface area contributed by atoms with Gasteiger partial charge in [0.2, 0.25) is 5.91 Å². The van der Waals surface area contributed by atoms with Crippen LogP contribution in [0.25, 0.3) is 10.8 Å². The van der Waals surface area contributed by atoms with Gasteiger partial charge in [-0.15, -0.1) is 0 Å². The lowest BCUT2D eigenvalue weighted by Gasteiger charge is -2.31. The number of ether oxygens (including phenoxy) is 1. The van der Waals surface area contributed by atoms with Crippen molar-refractivity contribution < 1.29 is 14.3 Å². The van der Waals surface area contributed by atoms with Gasteiger partial charge in [0.15, 0.2) is 6.61 Å². The fraction of sp³-hybridized carbons (Fsp3) is 0.226. The molecule has 0 aliphatic carbocycles. The van der Waals surface area contributed by atoms with Gasteiger partial charge in [-0.1, -0.05) is 90.5 Å². The van der Waals surface area contributed by atoms with Gasteiger partial charge in [-0.05, 0) is 57.7 Å². The van der Waals surface area contributed by atoms with Crippen molar-refractivity contribution in [1.29, 1.82) is 0 Å². The molecule has 0 fully saturated rings. The molecule has 0 saturated heterocycles. The molecular weight excluding hydrogens is 528 g/mol. The van der Waals surface area contributed by atoms with Crippen molar-refractivity contribution in [2.45, 2.75) is 32.9 Å². The predicted octanol–water partition coefficient (Wildman–Crippen LogP) is 6.07. The number of likely N-dealkylation sites (N-methyl/N-ethyl adjacent to an activating group) is 1. The number of aryl methyl sites for hydroxylation is 1. The summed E-state index contributed by atoms with van der Waals surface area (Å²) in [6.45, 7) is 4.49. The van der Waals surface area contributed by atoms with Gasteiger partial charge < -0.3 is 15.0 Å². The minimum absolute atomic E-state index is 0.181. The zero-order valence-electron chi connectivity index (χ0n) is 21.1. The lowest BCUT2D eigenvalue weighted by molar-refractivity contribution is -0.142. The first-order valence-corrected chi connectivity index (χ1v) is 13.2. The third-order valence-electron chi connectivity index (χ3n) is 6.24. The van der Waals surface area contributed by atoms with Crippen LogP contribution in [0, 0.1) is 6.92 Å². The van der Waals surface area contributed by atoms with E-state index in [-0.39, 0.29) is 18.4 Å². The van der Waals surface area contributed by atoms with E-state index in [2.05, 4.69) is 21.2 Å². The molecule has 4 aromatic carbocycles. The number of halogens is 1. The molecule has 0 radical (unpaired) electrons. The van der Waals surface area contributed by atoms with Crippen molar-refractivity contribution in [2.24, 2.45) is 0 Å². The SMILES string of the molecule is CCNC(=O)C(Cc1ccccc1)N(Cc1cccc(C)c1)C(=O)COc1ccc2ccccc2c1Br. The lowest BCUT2D eigenvalue weighted by atomic mass is 10.0. The Kier molecular flexibility index (Phi) is 8.96. The Bertz CT molecular complexity index is 1370. The van der Waals surface area contributed by atoms with Crippen LogP contribution in [-0.2, 0) is 22.6 Å². The fourth-order valence-electron chi connectivity index (χ4n) is 4.40. The Labute approximate surface area is 226 Å². The highest BCUT2D eigenvalue weighted by atomic mass is 79.9. The van der Waals surface area contributed by atoms with Crippen molar-refractivity contribution >= 4 is 38.5 Å². The van der Waals surface area contributed by atoms with Crippen molar-refractivity contribution in [2.75, 3.05) is 13.2 Å². The van der Waals surface area contributed by atoms with E-state index in [0.717, 1.165) is 31.9 Å². The number of hydrogen-bond donors (Lipinski definition) is 1. The van der Waals surface area contributed by atoms with Crippen LogP contribution in [0.2, 0.25) is 0 Å². The second-order valence-electron chi connectivity index (χ2n) is 9.00. The van der Waals surface area contributed by atoms with Crippen LogP contribution in [0.1, 0.15) is 23.6 Å². The van der Waals surface area contributed by atoms with E-state index in [1.807, 2.05) is 105 Å². The van der Waals surface area contributed by atoms with Gasteiger partial charge in [0, 0.05) is 19.5 Å². The molecule has 6 heteroatoms. The first-order chi connectivity index (χ1) is 18.0. The van der Waals surface area contributed by atoms with Crippen LogP contribution in [0.3, 0.4) is 0 Å². The summed E-state index contributed by atoms with van der Waals surface area (Å²) in [6, 6.07) is 28.9. The van der Waals surface area contributed by atoms with E-state index in [4.69, 9.17) is 4.74 Å². The number of carbonyl (C=O) groups excluding carboxylic acids is 2. The molecule has 0 spiro atoms. The summed E-state index contributed by atoms with van der Waals surface area (Å²) in [5, 5.41) is 5.01. The molecule has 37 heavy (non-hydrogen) atoms. The summed E-state index contributed by atoms with van der Waals surface area (Å²) in [5.74, 6) is 0.146. The largest absolute Gasteiger partial charge is 0.483 e. The first-order valence-electron chi connectivity index (χ1n) is 12.4. The molecule has 1 atom stereocenters. The summed E-state index contributed by atoms with van der Waals surface area (Å²) in [4.78, 5) is 28.6. The van der Waals surface area contributed by atoms with Crippen LogP contribution in [0.5, 0.6) is 5.75 Å². The third-order valence-corrected chi connectivity index (χ3v) is 7.05. The quantitative estimate of drug-likeness (QED) is 0.257. The molecular formula is C31H31BrN2O3. The Morgan fingerprint density at radius 3 is 2.41 bits per heavy atom. The maximum atomic E-state index is 13.7. The molecule has 2 amide bonds. The number of rotatable bonds is 10. The third kappa shape index (κ3) is 6.77. The molecule has 4 rings (SSSR count). The number of amides is 2. The zero-order valence-corrected chi connectivity index (χ0v) is 22.7. The Morgan fingerprint density at radius 2 is 1.65 bits per heavy atom. The highest BCUT2D eigenvalue weighted by Gasteiger charge is 2.30. The molecule has 190 valence electrons. The Morgan fingerprint density at radius 1 is 0.919 bits per heavy atom.